The molecular weight excluding hydrogens is 489 g/mol. The lowest BCUT2D eigenvalue weighted by Crippen LogP contribution is -2.45. The van der Waals surface area contributed by atoms with E-state index in [1.807, 2.05) is 0 Å². The average Bonchev–Trinajstić information content (AvgIpc) is 3.48. The summed E-state index contributed by atoms with van der Waals surface area (Å²) in [4.78, 5) is 30.8. The minimum Gasteiger partial charge on any atom is -0.472 e. The number of nitrogens with zero attached hydrogens (tertiary/aromatic N) is 3. The molecule has 3 aliphatic heterocycles. The third-order valence-corrected chi connectivity index (χ3v) is 7.26. The third kappa shape index (κ3) is 4.20. The van der Waals surface area contributed by atoms with Crippen molar-refractivity contribution in [2.75, 3.05) is 18.5 Å². The Labute approximate surface area is 210 Å². The number of rotatable bonds is 4. The molecule has 2 N–H and O–H groups in total. The molecule has 2 saturated heterocycles. The molecule has 0 spiro atoms. The summed E-state index contributed by atoms with van der Waals surface area (Å²) in [5, 5.41) is 9.57. The molecule has 3 aromatic rings. The quantitative estimate of drug-likeness (QED) is 0.546. The largest absolute Gasteiger partial charge is 0.472 e. The zero-order valence-electron chi connectivity index (χ0n) is 19.2. The fourth-order valence-corrected chi connectivity index (χ4v) is 5.52. The van der Waals surface area contributed by atoms with Crippen LogP contribution in [0.15, 0.2) is 41.3 Å². The molecule has 0 radical (unpaired) electrons. The number of pyridine rings is 1. The molecule has 0 aliphatic carbocycles. The van der Waals surface area contributed by atoms with E-state index in [1.54, 1.807) is 23.2 Å². The van der Waals surface area contributed by atoms with Crippen molar-refractivity contribution in [3.8, 4) is 17.0 Å². The number of nitrogens with one attached hydrogen (secondary N) is 2. The molecular formula is C25H23ClFN5O4. The van der Waals surface area contributed by atoms with E-state index in [0.717, 1.165) is 24.8 Å². The number of H-pyrrole nitrogens is 1. The Morgan fingerprint density at radius 3 is 2.92 bits per heavy atom. The summed E-state index contributed by atoms with van der Waals surface area (Å²) in [6.45, 7) is 1.21. The van der Waals surface area contributed by atoms with Gasteiger partial charge in [-0.3, -0.25) is 4.79 Å². The standard InChI is InChI=1S/C25H23ClFN5O4/c26-18-10-20(19(27)9-17(18)13-1-4-23(28-11-13)36-16-5-6-35-12-16)29-25(34)32-15-2-3-21(32)24-14(7-15)8-22(33)30-31-24/h1,4,8-11,15-16,21H,2-3,5-7,12H2,(H,29,34)(H,30,33)/t15-,16?,21+/m0/s1. The Bertz CT molecular complexity index is 1380. The number of carbonyl (C=O) groups is 1. The van der Waals surface area contributed by atoms with Gasteiger partial charge in [-0.05, 0) is 43.0 Å². The van der Waals surface area contributed by atoms with Crippen molar-refractivity contribution in [3.63, 3.8) is 0 Å². The molecule has 6 rings (SSSR count). The second-order valence-electron chi connectivity index (χ2n) is 9.23. The van der Waals surface area contributed by atoms with E-state index in [4.69, 9.17) is 21.1 Å². The molecule has 2 aromatic heterocycles. The van der Waals surface area contributed by atoms with E-state index in [2.05, 4.69) is 20.5 Å². The first-order valence-electron chi connectivity index (χ1n) is 11.8. The van der Waals surface area contributed by atoms with E-state index in [-0.39, 0.29) is 34.5 Å². The van der Waals surface area contributed by atoms with E-state index in [9.17, 15) is 9.59 Å². The fraction of sp³-hybridized carbons (Fsp3) is 0.360. The van der Waals surface area contributed by atoms with Crippen molar-refractivity contribution >= 4 is 23.3 Å². The van der Waals surface area contributed by atoms with Crippen LogP contribution < -0.4 is 15.6 Å². The first-order valence-corrected chi connectivity index (χ1v) is 12.2. The van der Waals surface area contributed by atoms with Crippen LogP contribution in [0.4, 0.5) is 14.9 Å². The van der Waals surface area contributed by atoms with Crippen molar-refractivity contribution in [2.24, 2.45) is 0 Å². The lowest BCUT2D eigenvalue weighted by atomic mass is 9.99. The van der Waals surface area contributed by atoms with Crippen LogP contribution >= 0.6 is 11.6 Å². The number of carbonyl (C=O) groups excluding carboxylic acids is 1. The van der Waals surface area contributed by atoms with Crippen LogP contribution in [0.1, 0.15) is 36.6 Å². The van der Waals surface area contributed by atoms with Crippen molar-refractivity contribution < 1.29 is 18.7 Å². The lowest BCUT2D eigenvalue weighted by molar-refractivity contribution is 0.138. The fourth-order valence-electron chi connectivity index (χ4n) is 5.25. The first kappa shape index (κ1) is 22.9. The van der Waals surface area contributed by atoms with Crippen LogP contribution in [0.2, 0.25) is 5.02 Å². The number of ether oxygens (including phenoxy) is 2. The number of halogens is 2. The van der Waals surface area contributed by atoms with E-state index in [0.29, 0.717) is 42.3 Å². The number of fused-ring (bicyclic) bond motifs is 4. The van der Waals surface area contributed by atoms with E-state index in [1.165, 1.54) is 18.2 Å². The van der Waals surface area contributed by atoms with Crippen LogP contribution in [-0.4, -0.2) is 51.5 Å². The lowest BCUT2D eigenvalue weighted by Gasteiger charge is -2.35. The molecule has 36 heavy (non-hydrogen) atoms. The normalized spacial score (nSPS) is 22.4. The molecule has 1 unspecified atom stereocenters. The average molecular weight is 512 g/mol. The summed E-state index contributed by atoms with van der Waals surface area (Å²) in [5.41, 5.74) is 2.35. The van der Waals surface area contributed by atoms with Crippen molar-refractivity contribution in [3.05, 3.63) is 69.0 Å². The molecule has 3 atom stereocenters. The molecule has 5 heterocycles. The minimum atomic E-state index is -0.613. The maximum Gasteiger partial charge on any atom is 0.322 e. The third-order valence-electron chi connectivity index (χ3n) is 6.95. The van der Waals surface area contributed by atoms with Gasteiger partial charge in [-0.2, -0.15) is 5.10 Å². The minimum absolute atomic E-state index is 0.0116. The van der Waals surface area contributed by atoms with E-state index >= 15 is 4.39 Å². The molecule has 11 heteroatoms. The van der Waals surface area contributed by atoms with Crippen LogP contribution in [0.25, 0.3) is 11.1 Å². The summed E-state index contributed by atoms with van der Waals surface area (Å²) in [6.07, 6.45) is 4.42. The monoisotopic (exact) mass is 511 g/mol. The highest BCUT2D eigenvalue weighted by molar-refractivity contribution is 6.33. The van der Waals surface area contributed by atoms with Gasteiger partial charge in [0, 0.05) is 41.9 Å². The number of urea groups is 1. The summed E-state index contributed by atoms with van der Waals surface area (Å²) in [5.74, 6) is -0.149. The van der Waals surface area contributed by atoms with Crippen LogP contribution in [0.5, 0.6) is 5.88 Å². The van der Waals surface area contributed by atoms with Gasteiger partial charge in [0.1, 0.15) is 11.9 Å². The van der Waals surface area contributed by atoms with Crippen molar-refractivity contribution in [1.82, 2.24) is 20.1 Å². The van der Waals surface area contributed by atoms with Gasteiger partial charge >= 0.3 is 6.03 Å². The molecule has 186 valence electrons. The first-order chi connectivity index (χ1) is 17.5. The van der Waals surface area contributed by atoms with Crippen LogP contribution in [-0.2, 0) is 11.2 Å². The number of amides is 2. The predicted molar refractivity (Wildman–Crippen MR) is 130 cm³/mol. The molecule has 2 bridgehead atoms. The highest BCUT2D eigenvalue weighted by atomic mass is 35.5. The zero-order valence-corrected chi connectivity index (χ0v) is 19.9. The molecule has 3 aliphatic rings. The highest BCUT2D eigenvalue weighted by Crippen LogP contribution is 2.42. The second-order valence-corrected chi connectivity index (χ2v) is 9.64. The van der Waals surface area contributed by atoms with Gasteiger partial charge in [0.25, 0.3) is 5.56 Å². The van der Waals surface area contributed by atoms with Crippen molar-refractivity contribution in [1.29, 1.82) is 0 Å². The number of benzene rings is 1. The Balaban J connectivity index is 1.19. The molecule has 0 saturated carbocycles. The second kappa shape index (κ2) is 9.18. The zero-order chi connectivity index (χ0) is 24.8. The Morgan fingerprint density at radius 2 is 2.14 bits per heavy atom. The molecule has 2 amide bonds. The summed E-state index contributed by atoms with van der Waals surface area (Å²) < 4.78 is 26.2. The number of anilines is 1. The van der Waals surface area contributed by atoms with Crippen LogP contribution in [0, 0.1) is 5.82 Å². The van der Waals surface area contributed by atoms with Gasteiger partial charge in [-0.25, -0.2) is 19.3 Å². The number of hydrogen-bond donors (Lipinski definition) is 2. The van der Waals surface area contributed by atoms with Gasteiger partial charge in [0.05, 0.1) is 35.7 Å². The highest BCUT2D eigenvalue weighted by Gasteiger charge is 2.44. The predicted octanol–water partition coefficient (Wildman–Crippen LogP) is 4.09. The Morgan fingerprint density at radius 1 is 1.25 bits per heavy atom. The smallest absolute Gasteiger partial charge is 0.322 e. The molecule has 1 aromatic carbocycles. The maximum absolute atomic E-state index is 15.1. The van der Waals surface area contributed by atoms with Gasteiger partial charge in [0.15, 0.2) is 0 Å². The topological polar surface area (TPSA) is 109 Å². The molecule has 2 fully saturated rings. The van der Waals surface area contributed by atoms with Crippen molar-refractivity contribution in [2.45, 2.75) is 43.9 Å². The number of hydrogen-bond acceptors (Lipinski definition) is 6. The van der Waals surface area contributed by atoms with Gasteiger partial charge < -0.3 is 19.7 Å². The van der Waals surface area contributed by atoms with E-state index < -0.39 is 11.8 Å². The number of aromatic amines is 1. The SMILES string of the molecule is O=C(Nc1cc(Cl)c(-c2ccc(OC3CCOC3)nc2)cc1F)N1[C@H]2CC[C@@H]1c1n[nH]c(=O)cc1C2. The summed E-state index contributed by atoms with van der Waals surface area (Å²) >= 11 is 6.48. The maximum atomic E-state index is 15.1. The van der Waals surface area contributed by atoms with Gasteiger partial charge in [-0.1, -0.05) is 11.6 Å². The Hall–Kier alpha value is -3.50. The van der Waals surface area contributed by atoms with Crippen LogP contribution in [0.3, 0.4) is 0 Å². The Kier molecular flexibility index (Phi) is 5.85. The number of aromatic nitrogens is 3. The summed E-state index contributed by atoms with van der Waals surface area (Å²) in [7, 11) is 0. The molecule has 9 nitrogen and oxygen atoms in total. The van der Waals surface area contributed by atoms with Gasteiger partial charge in [0.2, 0.25) is 5.88 Å². The van der Waals surface area contributed by atoms with Gasteiger partial charge in [-0.15, -0.1) is 0 Å². The summed E-state index contributed by atoms with van der Waals surface area (Å²) in [6, 6.07) is 6.93.